The molecule has 0 saturated carbocycles. The SMILES string of the molecule is O=C(CSc1cccc(NC(=O)c2ccc(Cl)cc2Cl)c1)c1ccc(Cl)cc1. The van der Waals surface area contributed by atoms with E-state index in [-0.39, 0.29) is 22.5 Å². The van der Waals surface area contributed by atoms with Gasteiger partial charge >= 0.3 is 0 Å². The van der Waals surface area contributed by atoms with Crippen molar-refractivity contribution in [3.8, 4) is 0 Å². The largest absolute Gasteiger partial charge is 0.322 e. The number of hydrogen-bond donors (Lipinski definition) is 1. The van der Waals surface area contributed by atoms with Crippen LogP contribution in [0.1, 0.15) is 20.7 Å². The highest BCUT2D eigenvalue weighted by Gasteiger charge is 2.12. The average molecular weight is 451 g/mol. The molecule has 0 heterocycles. The Morgan fingerprint density at radius 1 is 0.857 bits per heavy atom. The molecule has 0 aliphatic carbocycles. The molecule has 0 aliphatic rings. The van der Waals surface area contributed by atoms with Gasteiger partial charge in [0.2, 0.25) is 0 Å². The first kappa shape index (κ1) is 20.7. The van der Waals surface area contributed by atoms with Crippen LogP contribution in [0.4, 0.5) is 5.69 Å². The molecule has 1 amide bonds. The first-order valence-corrected chi connectivity index (χ1v) is 10.3. The smallest absolute Gasteiger partial charge is 0.257 e. The molecule has 3 rings (SSSR count). The van der Waals surface area contributed by atoms with Crippen LogP contribution in [-0.4, -0.2) is 17.4 Å². The van der Waals surface area contributed by atoms with E-state index in [1.165, 1.54) is 17.8 Å². The minimum absolute atomic E-state index is 0.00375. The summed E-state index contributed by atoms with van der Waals surface area (Å²) in [5.41, 5.74) is 1.56. The number of Topliss-reactive ketones (excluding diaryl/α,β-unsaturated/α-hetero) is 1. The second-order valence-corrected chi connectivity index (χ2v) is 8.15. The third kappa shape index (κ3) is 5.52. The van der Waals surface area contributed by atoms with E-state index in [0.29, 0.717) is 26.9 Å². The van der Waals surface area contributed by atoms with Gasteiger partial charge in [0.25, 0.3) is 5.91 Å². The zero-order valence-electron chi connectivity index (χ0n) is 14.4. The van der Waals surface area contributed by atoms with Crippen molar-refractivity contribution in [1.29, 1.82) is 0 Å². The zero-order valence-corrected chi connectivity index (χ0v) is 17.5. The van der Waals surface area contributed by atoms with Crippen molar-refractivity contribution in [2.45, 2.75) is 4.90 Å². The minimum Gasteiger partial charge on any atom is -0.322 e. The van der Waals surface area contributed by atoms with E-state index in [9.17, 15) is 9.59 Å². The van der Waals surface area contributed by atoms with Crippen LogP contribution < -0.4 is 5.32 Å². The molecule has 1 N–H and O–H groups in total. The number of nitrogens with one attached hydrogen (secondary N) is 1. The molecule has 3 nitrogen and oxygen atoms in total. The Morgan fingerprint density at radius 2 is 1.57 bits per heavy atom. The maximum atomic E-state index is 12.4. The highest BCUT2D eigenvalue weighted by atomic mass is 35.5. The Bertz CT molecular complexity index is 1020. The third-order valence-corrected chi connectivity index (χ3v) is 5.60. The summed E-state index contributed by atoms with van der Waals surface area (Å²) in [5.74, 6) is -0.0488. The second kappa shape index (κ2) is 9.48. The van der Waals surface area contributed by atoms with E-state index in [1.807, 2.05) is 18.2 Å². The Hall–Kier alpha value is -1.98. The lowest BCUT2D eigenvalue weighted by atomic mass is 10.1. The fourth-order valence-corrected chi connectivity index (χ4v) is 3.87. The van der Waals surface area contributed by atoms with E-state index >= 15 is 0 Å². The van der Waals surface area contributed by atoms with Crippen LogP contribution in [-0.2, 0) is 0 Å². The van der Waals surface area contributed by atoms with Gasteiger partial charge in [-0.15, -0.1) is 11.8 Å². The van der Waals surface area contributed by atoms with Crippen LogP contribution in [0.5, 0.6) is 0 Å². The summed E-state index contributed by atoms with van der Waals surface area (Å²) in [4.78, 5) is 25.6. The number of rotatable bonds is 6. The van der Waals surface area contributed by atoms with Crippen molar-refractivity contribution in [1.82, 2.24) is 0 Å². The maximum absolute atomic E-state index is 12.4. The molecule has 0 bridgehead atoms. The standard InChI is InChI=1S/C21H14Cl3NO2S/c22-14-6-4-13(5-7-14)20(26)12-28-17-3-1-2-16(11-17)25-21(27)18-9-8-15(23)10-19(18)24/h1-11H,12H2,(H,25,27). The molecule has 0 aliphatic heterocycles. The van der Waals surface area contributed by atoms with Crippen molar-refractivity contribution in [2.75, 3.05) is 11.1 Å². The molecule has 142 valence electrons. The Labute approximate surface area is 182 Å². The topological polar surface area (TPSA) is 46.2 Å². The van der Waals surface area contributed by atoms with Crippen LogP contribution in [0.2, 0.25) is 15.1 Å². The molecule has 0 spiro atoms. The molecule has 0 aromatic heterocycles. The fraction of sp³-hybridized carbons (Fsp3) is 0.0476. The number of hydrogen-bond acceptors (Lipinski definition) is 3. The van der Waals surface area contributed by atoms with Gasteiger partial charge in [0.05, 0.1) is 16.3 Å². The van der Waals surface area contributed by atoms with Gasteiger partial charge in [-0.3, -0.25) is 9.59 Å². The fourth-order valence-electron chi connectivity index (χ4n) is 2.40. The lowest BCUT2D eigenvalue weighted by molar-refractivity contribution is 0.101. The second-order valence-electron chi connectivity index (χ2n) is 5.82. The van der Waals surface area contributed by atoms with E-state index in [1.54, 1.807) is 42.5 Å². The summed E-state index contributed by atoms with van der Waals surface area (Å²) in [6.07, 6.45) is 0. The van der Waals surface area contributed by atoms with E-state index < -0.39 is 0 Å². The number of amides is 1. The summed E-state index contributed by atoms with van der Waals surface area (Å²) in [5, 5.41) is 4.14. The minimum atomic E-state index is -0.332. The van der Waals surface area contributed by atoms with Gasteiger partial charge in [0.1, 0.15) is 0 Å². The van der Waals surface area contributed by atoms with E-state index in [0.717, 1.165) is 4.90 Å². The van der Waals surface area contributed by atoms with E-state index in [2.05, 4.69) is 5.32 Å². The first-order chi connectivity index (χ1) is 13.4. The highest BCUT2D eigenvalue weighted by molar-refractivity contribution is 8.00. The Morgan fingerprint density at radius 3 is 2.29 bits per heavy atom. The van der Waals surface area contributed by atoms with Crippen LogP contribution in [0.25, 0.3) is 0 Å². The van der Waals surface area contributed by atoms with E-state index in [4.69, 9.17) is 34.8 Å². The maximum Gasteiger partial charge on any atom is 0.257 e. The first-order valence-electron chi connectivity index (χ1n) is 8.20. The monoisotopic (exact) mass is 449 g/mol. The lowest BCUT2D eigenvalue weighted by Crippen LogP contribution is -2.12. The molecule has 7 heteroatoms. The molecule has 0 saturated heterocycles. The quantitative estimate of drug-likeness (QED) is 0.329. The molecule has 0 unspecified atom stereocenters. The highest BCUT2D eigenvalue weighted by Crippen LogP contribution is 2.25. The number of thioether (sulfide) groups is 1. The van der Waals surface area contributed by atoms with Gasteiger partial charge in [0, 0.05) is 26.2 Å². The predicted octanol–water partition coefficient (Wildman–Crippen LogP) is 6.87. The molecule has 0 fully saturated rings. The van der Waals surface area contributed by atoms with Crippen molar-refractivity contribution in [3.63, 3.8) is 0 Å². The molecule has 3 aromatic rings. The number of carbonyl (C=O) groups is 2. The van der Waals surface area contributed by atoms with Gasteiger partial charge in [0.15, 0.2) is 5.78 Å². The Balaban J connectivity index is 1.64. The normalized spacial score (nSPS) is 10.5. The van der Waals surface area contributed by atoms with Crippen molar-refractivity contribution < 1.29 is 9.59 Å². The van der Waals surface area contributed by atoms with Gasteiger partial charge in [-0.25, -0.2) is 0 Å². The molecular formula is C21H14Cl3NO2S. The molecular weight excluding hydrogens is 437 g/mol. The third-order valence-electron chi connectivity index (χ3n) is 3.80. The number of ketones is 1. The van der Waals surface area contributed by atoms with Gasteiger partial charge in [-0.05, 0) is 60.7 Å². The predicted molar refractivity (Wildman–Crippen MR) is 117 cm³/mol. The van der Waals surface area contributed by atoms with Crippen LogP contribution in [0.3, 0.4) is 0 Å². The van der Waals surface area contributed by atoms with Crippen LogP contribution in [0.15, 0.2) is 71.6 Å². The van der Waals surface area contributed by atoms with Crippen LogP contribution >= 0.6 is 46.6 Å². The van der Waals surface area contributed by atoms with Crippen LogP contribution in [0, 0.1) is 0 Å². The molecule has 28 heavy (non-hydrogen) atoms. The zero-order chi connectivity index (χ0) is 20.1. The summed E-state index contributed by atoms with van der Waals surface area (Å²) in [7, 11) is 0. The van der Waals surface area contributed by atoms with Crippen molar-refractivity contribution in [2.24, 2.45) is 0 Å². The summed E-state index contributed by atoms with van der Waals surface area (Å²) < 4.78 is 0. The number of carbonyl (C=O) groups excluding carboxylic acids is 2. The van der Waals surface area contributed by atoms with Gasteiger partial charge in [-0.1, -0.05) is 40.9 Å². The number of benzene rings is 3. The van der Waals surface area contributed by atoms with Crippen molar-refractivity contribution in [3.05, 3.63) is 92.9 Å². The number of halogens is 3. The summed E-state index contributed by atoms with van der Waals surface area (Å²) in [6, 6.07) is 18.8. The van der Waals surface area contributed by atoms with Gasteiger partial charge < -0.3 is 5.32 Å². The summed E-state index contributed by atoms with van der Waals surface area (Å²) in [6.45, 7) is 0. The molecule has 0 radical (unpaired) electrons. The Kier molecular flexibility index (Phi) is 7.03. The summed E-state index contributed by atoms with van der Waals surface area (Å²) >= 11 is 19.2. The van der Waals surface area contributed by atoms with Crippen molar-refractivity contribution >= 4 is 63.9 Å². The molecule has 0 atom stereocenters. The average Bonchev–Trinajstić information content (AvgIpc) is 2.67. The lowest BCUT2D eigenvalue weighted by Gasteiger charge is -2.09. The molecule has 3 aromatic carbocycles. The number of anilines is 1. The van der Waals surface area contributed by atoms with Gasteiger partial charge in [-0.2, -0.15) is 0 Å².